The number of aryl methyl sites for hydroxylation is 1. The Labute approximate surface area is 180 Å². The molecule has 1 aliphatic rings. The molecule has 0 bridgehead atoms. The number of ether oxygens (including phenoxy) is 1. The lowest BCUT2D eigenvalue weighted by Gasteiger charge is -2.30. The highest BCUT2D eigenvalue weighted by molar-refractivity contribution is 6.09. The smallest absolute Gasteiger partial charge is 0.308 e. The number of rotatable bonds is 4. The zero-order valence-corrected chi connectivity index (χ0v) is 17.1. The summed E-state index contributed by atoms with van der Waals surface area (Å²) in [4.78, 5) is 39.0. The Morgan fingerprint density at radius 2 is 1.68 bits per heavy atom. The number of carbonyl (C=O) groups is 3. The van der Waals surface area contributed by atoms with E-state index in [9.17, 15) is 14.4 Å². The molecule has 0 saturated heterocycles. The van der Waals surface area contributed by atoms with E-state index in [1.807, 2.05) is 36.4 Å². The number of nitrogens with zero attached hydrogens (tertiary/aromatic N) is 1. The van der Waals surface area contributed by atoms with Gasteiger partial charge in [-0.3, -0.25) is 14.4 Å². The van der Waals surface area contributed by atoms with Crippen LogP contribution in [0.15, 0.2) is 72.8 Å². The molecule has 0 radical (unpaired) electrons. The molecular weight excluding hydrogens is 392 g/mol. The zero-order valence-electron chi connectivity index (χ0n) is 17.1. The van der Waals surface area contributed by atoms with Crippen LogP contribution >= 0.6 is 0 Å². The molecule has 6 heteroatoms. The van der Waals surface area contributed by atoms with Crippen LogP contribution in [-0.2, 0) is 11.2 Å². The van der Waals surface area contributed by atoms with E-state index < -0.39 is 11.9 Å². The van der Waals surface area contributed by atoms with E-state index in [4.69, 9.17) is 4.74 Å². The molecule has 0 unspecified atom stereocenters. The Hall–Kier alpha value is -3.93. The van der Waals surface area contributed by atoms with Gasteiger partial charge in [0.2, 0.25) is 0 Å². The maximum atomic E-state index is 13.1. The quantitative estimate of drug-likeness (QED) is 0.505. The van der Waals surface area contributed by atoms with Gasteiger partial charge in [-0.2, -0.15) is 0 Å². The van der Waals surface area contributed by atoms with Gasteiger partial charge in [0.05, 0.1) is 5.56 Å². The van der Waals surface area contributed by atoms with E-state index in [0.29, 0.717) is 17.8 Å². The molecule has 1 heterocycles. The number of benzene rings is 3. The van der Waals surface area contributed by atoms with Crippen LogP contribution in [0.25, 0.3) is 0 Å². The highest BCUT2D eigenvalue weighted by Crippen LogP contribution is 2.32. The topological polar surface area (TPSA) is 75.7 Å². The lowest BCUT2D eigenvalue weighted by molar-refractivity contribution is -0.131. The molecule has 0 aromatic heterocycles. The minimum atomic E-state index is -0.496. The molecule has 0 fully saturated rings. The molecule has 31 heavy (non-hydrogen) atoms. The Morgan fingerprint density at radius 3 is 2.45 bits per heavy atom. The van der Waals surface area contributed by atoms with Crippen molar-refractivity contribution in [1.29, 1.82) is 0 Å². The third kappa shape index (κ3) is 4.48. The maximum absolute atomic E-state index is 13.1. The van der Waals surface area contributed by atoms with Gasteiger partial charge in [0, 0.05) is 30.4 Å². The van der Waals surface area contributed by atoms with Crippen molar-refractivity contribution in [2.75, 3.05) is 16.8 Å². The van der Waals surface area contributed by atoms with Crippen LogP contribution in [0.2, 0.25) is 0 Å². The number of carbonyl (C=O) groups excluding carboxylic acids is 3. The monoisotopic (exact) mass is 414 g/mol. The normalized spacial score (nSPS) is 12.6. The molecule has 1 N–H and O–H groups in total. The first-order valence-electron chi connectivity index (χ1n) is 10.1. The Bertz CT molecular complexity index is 1140. The van der Waals surface area contributed by atoms with Crippen LogP contribution in [0, 0.1) is 0 Å². The van der Waals surface area contributed by atoms with Crippen molar-refractivity contribution < 1.29 is 19.1 Å². The van der Waals surface area contributed by atoms with E-state index in [1.165, 1.54) is 6.92 Å². The number of hydrogen-bond donors (Lipinski definition) is 1. The molecule has 0 spiro atoms. The third-order valence-corrected chi connectivity index (χ3v) is 5.11. The van der Waals surface area contributed by atoms with Crippen LogP contribution in [0.3, 0.4) is 0 Å². The second kappa shape index (κ2) is 8.83. The lowest BCUT2D eigenvalue weighted by atomic mass is 10.00. The summed E-state index contributed by atoms with van der Waals surface area (Å²) in [5, 5.41) is 2.85. The number of anilines is 2. The van der Waals surface area contributed by atoms with Crippen LogP contribution in [-0.4, -0.2) is 24.3 Å². The van der Waals surface area contributed by atoms with Crippen LogP contribution < -0.4 is 15.0 Å². The average Bonchev–Trinajstić information content (AvgIpc) is 2.78. The summed E-state index contributed by atoms with van der Waals surface area (Å²) in [6.07, 6.45) is 1.75. The summed E-state index contributed by atoms with van der Waals surface area (Å²) in [6.45, 7) is 1.91. The lowest BCUT2D eigenvalue weighted by Crippen LogP contribution is -2.35. The maximum Gasteiger partial charge on any atom is 0.308 e. The van der Waals surface area contributed by atoms with Crippen molar-refractivity contribution >= 4 is 29.2 Å². The molecule has 4 rings (SSSR count). The minimum Gasteiger partial charge on any atom is -0.426 e. The summed E-state index contributed by atoms with van der Waals surface area (Å²) >= 11 is 0. The molecule has 0 saturated carbocycles. The van der Waals surface area contributed by atoms with Crippen molar-refractivity contribution in [1.82, 2.24) is 0 Å². The fourth-order valence-electron chi connectivity index (χ4n) is 3.70. The molecule has 0 aliphatic carbocycles. The van der Waals surface area contributed by atoms with E-state index >= 15 is 0 Å². The number of hydrogen-bond acceptors (Lipinski definition) is 4. The van der Waals surface area contributed by atoms with Gasteiger partial charge in [-0.15, -0.1) is 0 Å². The fraction of sp³-hybridized carbons (Fsp3) is 0.160. The standard InChI is InChI=1S/C25H22N2O4/c1-17(28)31-23-12-6-5-11-21(23)24(29)26-20-14-13-18-10-7-15-27(22(18)16-20)25(30)19-8-3-2-4-9-19/h2-6,8-9,11-14,16H,7,10,15H2,1H3,(H,26,29). The molecule has 2 amide bonds. The zero-order chi connectivity index (χ0) is 21.8. The van der Waals surface area contributed by atoms with Gasteiger partial charge in [-0.05, 0) is 54.8 Å². The predicted octanol–water partition coefficient (Wildman–Crippen LogP) is 4.46. The molecule has 1 aliphatic heterocycles. The van der Waals surface area contributed by atoms with E-state index in [0.717, 1.165) is 24.1 Å². The van der Waals surface area contributed by atoms with Gasteiger partial charge >= 0.3 is 5.97 Å². The largest absolute Gasteiger partial charge is 0.426 e. The molecule has 6 nitrogen and oxygen atoms in total. The summed E-state index contributed by atoms with van der Waals surface area (Å²) in [5.41, 5.74) is 3.31. The molecule has 0 atom stereocenters. The minimum absolute atomic E-state index is 0.0646. The Balaban J connectivity index is 1.60. The molecule has 156 valence electrons. The first-order valence-corrected chi connectivity index (χ1v) is 10.1. The van der Waals surface area contributed by atoms with Crippen LogP contribution in [0.1, 0.15) is 39.6 Å². The number of amides is 2. The number of fused-ring (bicyclic) bond motifs is 1. The van der Waals surface area contributed by atoms with Gasteiger partial charge in [0.1, 0.15) is 5.75 Å². The second-order valence-corrected chi connectivity index (χ2v) is 7.31. The van der Waals surface area contributed by atoms with E-state index in [-0.39, 0.29) is 17.2 Å². The predicted molar refractivity (Wildman–Crippen MR) is 119 cm³/mol. The number of esters is 1. The number of para-hydroxylation sites is 1. The summed E-state index contributed by atoms with van der Waals surface area (Å²) in [6, 6.07) is 21.3. The summed E-state index contributed by atoms with van der Waals surface area (Å²) < 4.78 is 5.14. The van der Waals surface area contributed by atoms with Gasteiger partial charge in [-0.1, -0.05) is 36.4 Å². The van der Waals surface area contributed by atoms with Gasteiger partial charge in [-0.25, -0.2) is 0 Å². The van der Waals surface area contributed by atoms with Crippen LogP contribution in [0.4, 0.5) is 11.4 Å². The van der Waals surface area contributed by atoms with Crippen molar-refractivity contribution in [3.05, 3.63) is 89.5 Å². The van der Waals surface area contributed by atoms with Gasteiger partial charge in [0.25, 0.3) is 11.8 Å². The van der Waals surface area contributed by atoms with Gasteiger partial charge in [0.15, 0.2) is 0 Å². The van der Waals surface area contributed by atoms with Crippen LogP contribution in [0.5, 0.6) is 5.75 Å². The summed E-state index contributed by atoms with van der Waals surface area (Å²) in [7, 11) is 0. The number of nitrogens with one attached hydrogen (secondary N) is 1. The molecular formula is C25H22N2O4. The van der Waals surface area contributed by atoms with Crippen molar-refractivity contribution in [2.45, 2.75) is 19.8 Å². The van der Waals surface area contributed by atoms with E-state index in [2.05, 4.69) is 5.32 Å². The molecule has 3 aromatic rings. The SMILES string of the molecule is CC(=O)Oc1ccccc1C(=O)Nc1ccc2c(c1)N(C(=O)c1ccccc1)CCC2. The van der Waals surface area contributed by atoms with E-state index in [1.54, 1.807) is 41.3 Å². The van der Waals surface area contributed by atoms with Crippen molar-refractivity contribution in [2.24, 2.45) is 0 Å². The van der Waals surface area contributed by atoms with Crippen molar-refractivity contribution in [3.63, 3.8) is 0 Å². The second-order valence-electron chi connectivity index (χ2n) is 7.31. The van der Waals surface area contributed by atoms with Crippen molar-refractivity contribution in [3.8, 4) is 5.75 Å². The Morgan fingerprint density at radius 1 is 0.935 bits per heavy atom. The Kier molecular flexibility index (Phi) is 5.80. The average molecular weight is 414 g/mol. The fourth-order valence-corrected chi connectivity index (χ4v) is 3.70. The van der Waals surface area contributed by atoms with Gasteiger partial charge < -0.3 is 15.0 Å². The molecule has 3 aromatic carbocycles. The first kappa shape index (κ1) is 20.3. The highest BCUT2D eigenvalue weighted by Gasteiger charge is 2.24. The summed E-state index contributed by atoms with van der Waals surface area (Å²) in [5.74, 6) is -0.755. The highest BCUT2D eigenvalue weighted by atomic mass is 16.5. The third-order valence-electron chi connectivity index (χ3n) is 5.11. The first-order chi connectivity index (χ1) is 15.0.